The van der Waals surface area contributed by atoms with E-state index in [0.717, 1.165) is 33.8 Å². The van der Waals surface area contributed by atoms with Gasteiger partial charge in [-0.2, -0.15) is 0 Å². The van der Waals surface area contributed by atoms with Crippen LogP contribution in [0, 0.1) is 0 Å². The van der Waals surface area contributed by atoms with Crippen LogP contribution in [-0.2, 0) is 4.74 Å². The normalized spacial score (nSPS) is 12.8. The Morgan fingerprint density at radius 1 is 0.703 bits per heavy atom. The number of methoxy groups -OCH3 is 1. The standard InChI is InChI=1S/C30H43NO4Si2/c1-29(2,3)36(8,9)34-23-16-12-21(13-17-23)25-20-31-27(28(32)33-7)26(25)22-14-18-24(19-15-22)35-37(10,11)30(4,5)6/h12-20,31H,1-11H3. The molecule has 0 spiro atoms. The second-order valence-electron chi connectivity index (χ2n) is 12.7. The van der Waals surface area contributed by atoms with Crippen molar-refractivity contribution >= 4 is 22.6 Å². The second kappa shape index (κ2) is 10.2. The molecule has 0 unspecified atom stereocenters. The van der Waals surface area contributed by atoms with Crippen LogP contribution in [0.25, 0.3) is 22.3 Å². The molecule has 3 aromatic rings. The van der Waals surface area contributed by atoms with E-state index >= 15 is 0 Å². The summed E-state index contributed by atoms with van der Waals surface area (Å²) in [6.45, 7) is 22.3. The molecule has 7 heteroatoms. The zero-order valence-corrected chi connectivity index (χ0v) is 26.3. The number of aromatic nitrogens is 1. The predicted octanol–water partition coefficient (Wildman–Crippen LogP) is 8.90. The Morgan fingerprint density at radius 3 is 1.49 bits per heavy atom. The minimum atomic E-state index is -1.95. The molecule has 0 fully saturated rings. The quantitative estimate of drug-likeness (QED) is 0.241. The molecule has 0 bridgehead atoms. The summed E-state index contributed by atoms with van der Waals surface area (Å²) in [5.41, 5.74) is 4.07. The van der Waals surface area contributed by atoms with Crippen molar-refractivity contribution in [3.63, 3.8) is 0 Å². The lowest BCUT2D eigenvalue weighted by Crippen LogP contribution is -2.43. The van der Waals surface area contributed by atoms with Gasteiger partial charge in [0.05, 0.1) is 7.11 Å². The van der Waals surface area contributed by atoms with Gasteiger partial charge < -0.3 is 18.6 Å². The molecular formula is C30H43NO4Si2. The molecule has 0 aliphatic carbocycles. The van der Waals surface area contributed by atoms with E-state index in [4.69, 9.17) is 13.6 Å². The summed E-state index contributed by atoms with van der Waals surface area (Å²) in [4.78, 5) is 15.8. The van der Waals surface area contributed by atoms with Crippen LogP contribution in [0.1, 0.15) is 52.0 Å². The lowest BCUT2D eigenvalue weighted by atomic mass is 9.96. The van der Waals surface area contributed by atoms with Gasteiger partial charge in [-0.15, -0.1) is 0 Å². The molecule has 0 amide bonds. The Balaban J connectivity index is 1.98. The van der Waals surface area contributed by atoms with E-state index in [1.54, 1.807) is 0 Å². The molecule has 5 nitrogen and oxygen atoms in total. The molecule has 1 heterocycles. The molecule has 0 saturated heterocycles. The minimum absolute atomic E-state index is 0.109. The molecule has 200 valence electrons. The molecule has 0 aliphatic rings. The molecule has 0 aliphatic heterocycles. The van der Waals surface area contributed by atoms with Gasteiger partial charge in [0.2, 0.25) is 16.6 Å². The van der Waals surface area contributed by atoms with Crippen LogP contribution >= 0.6 is 0 Å². The number of aromatic amines is 1. The predicted molar refractivity (Wildman–Crippen MR) is 159 cm³/mol. The van der Waals surface area contributed by atoms with Crippen LogP contribution in [0.15, 0.2) is 54.7 Å². The Labute approximate surface area is 224 Å². The topological polar surface area (TPSA) is 60.6 Å². The molecule has 1 N–H and O–H groups in total. The summed E-state index contributed by atoms with van der Waals surface area (Å²) in [6.07, 6.45) is 1.87. The number of carbonyl (C=O) groups is 1. The van der Waals surface area contributed by atoms with E-state index in [9.17, 15) is 4.79 Å². The van der Waals surface area contributed by atoms with Gasteiger partial charge in [0.15, 0.2) is 0 Å². The SMILES string of the molecule is COC(=O)c1[nH]cc(-c2ccc(O[Si](C)(C)C(C)(C)C)cc2)c1-c1ccc(O[Si](C)(C)C(C)(C)C)cc1. The highest BCUT2D eigenvalue weighted by atomic mass is 28.4. The van der Waals surface area contributed by atoms with Crippen LogP contribution in [0.2, 0.25) is 36.3 Å². The van der Waals surface area contributed by atoms with Crippen LogP contribution in [-0.4, -0.2) is 34.7 Å². The first-order valence-electron chi connectivity index (χ1n) is 12.9. The Hall–Kier alpha value is -2.78. The van der Waals surface area contributed by atoms with Crippen molar-refractivity contribution < 1.29 is 18.4 Å². The van der Waals surface area contributed by atoms with E-state index in [0.29, 0.717) is 5.69 Å². The molecule has 0 radical (unpaired) electrons. The van der Waals surface area contributed by atoms with E-state index < -0.39 is 22.6 Å². The number of carbonyl (C=O) groups excluding carboxylic acids is 1. The van der Waals surface area contributed by atoms with Gasteiger partial charge in [0, 0.05) is 17.3 Å². The van der Waals surface area contributed by atoms with E-state index in [-0.39, 0.29) is 10.1 Å². The van der Waals surface area contributed by atoms with Gasteiger partial charge in [-0.1, -0.05) is 65.8 Å². The molecule has 1 aromatic heterocycles. The number of nitrogens with one attached hydrogen (secondary N) is 1. The third-order valence-corrected chi connectivity index (χ3v) is 16.7. The molecule has 0 saturated carbocycles. The average molecular weight is 538 g/mol. The van der Waals surface area contributed by atoms with Crippen molar-refractivity contribution in [3.8, 4) is 33.8 Å². The first-order valence-corrected chi connectivity index (χ1v) is 18.7. The molecule has 3 rings (SSSR count). The summed E-state index contributed by atoms with van der Waals surface area (Å²) in [7, 11) is -2.49. The van der Waals surface area contributed by atoms with Crippen molar-refractivity contribution in [2.75, 3.05) is 7.11 Å². The summed E-state index contributed by atoms with van der Waals surface area (Å²) < 4.78 is 18.0. The number of benzene rings is 2. The van der Waals surface area contributed by atoms with Gasteiger partial charge in [-0.25, -0.2) is 4.79 Å². The molecule has 37 heavy (non-hydrogen) atoms. The fourth-order valence-electron chi connectivity index (χ4n) is 3.50. The fraction of sp³-hybridized carbons (Fsp3) is 0.433. The number of hydrogen-bond acceptors (Lipinski definition) is 4. The maximum Gasteiger partial charge on any atom is 0.355 e. The Bertz CT molecular complexity index is 1230. The summed E-state index contributed by atoms with van der Waals surface area (Å²) in [5.74, 6) is 1.31. The number of rotatable bonds is 7. The van der Waals surface area contributed by atoms with Crippen molar-refractivity contribution in [2.24, 2.45) is 0 Å². The molecule has 0 atom stereocenters. The van der Waals surface area contributed by atoms with Crippen molar-refractivity contribution in [1.82, 2.24) is 4.98 Å². The third-order valence-electron chi connectivity index (χ3n) is 7.94. The lowest BCUT2D eigenvalue weighted by molar-refractivity contribution is 0.0595. The average Bonchev–Trinajstić information content (AvgIpc) is 3.22. The summed E-state index contributed by atoms with van der Waals surface area (Å²) in [5, 5.41) is 0.230. The first kappa shape index (κ1) is 28.8. The highest BCUT2D eigenvalue weighted by Gasteiger charge is 2.39. The van der Waals surface area contributed by atoms with Gasteiger partial charge in [0.25, 0.3) is 0 Å². The van der Waals surface area contributed by atoms with Crippen LogP contribution in [0.5, 0.6) is 11.5 Å². The third kappa shape index (κ3) is 6.21. The monoisotopic (exact) mass is 537 g/mol. The van der Waals surface area contributed by atoms with Gasteiger partial charge in [-0.3, -0.25) is 0 Å². The van der Waals surface area contributed by atoms with Gasteiger partial charge in [-0.05, 0) is 71.7 Å². The van der Waals surface area contributed by atoms with Gasteiger partial charge in [0.1, 0.15) is 17.2 Å². The summed E-state index contributed by atoms with van der Waals surface area (Å²) in [6, 6.07) is 16.1. The van der Waals surface area contributed by atoms with Crippen LogP contribution in [0.3, 0.4) is 0 Å². The van der Waals surface area contributed by atoms with Gasteiger partial charge >= 0.3 is 5.97 Å². The van der Waals surface area contributed by atoms with Crippen LogP contribution < -0.4 is 8.85 Å². The number of hydrogen-bond donors (Lipinski definition) is 1. The largest absolute Gasteiger partial charge is 0.544 e. The van der Waals surface area contributed by atoms with Crippen molar-refractivity contribution in [2.45, 2.75) is 77.8 Å². The van der Waals surface area contributed by atoms with E-state index in [2.05, 4.69) is 72.7 Å². The second-order valence-corrected chi connectivity index (χ2v) is 22.2. The highest BCUT2D eigenvalue weighted by molar-refractivity contribution is 6.75. The Kier molecular flexibility index (Phi) is 7.92. The van der Waals surface area contributed by atoms with E-state index in [1.807, 2.05) is 54.7 Å². The number of H-pyrrole nitrogens is 1. The lowest BCUT2D eigenvalue weighted by Gasteiger charge is -2.36. The molecule has 2 aromatic carbocycles. The number of ether oxygens (including phenoxy) is 1. The Morgan fingerprint density at radius 2 is 1.11 bits per heavy atom. The van der Waals surface area contributed by atoms with E-state index in [1.165, 1.54) is 7.11 Å². The molecular weight excluding hydrogens is 495 g/mol. The zero-order valence-electron chi connectivity index (χ0n) is 24.3. The highest BCUT2D eigenvalue weighted by Crippen LogP contribution is 2.41. The van der Waals surface area contributed by atoms with Crippen molar-refractivity contribution in [1.29, 1.82) is 0 Å². The minimum Gasteiger partial charge on any atom is -0.544 e. The summed E-state index contributed by atoms with van der Waals surface area (Å²) >= 11 is 0. The zero-order chi connectivity index (χ0) is 27.8. The van der Waals surface area contributed by atoms with Crippen molar-refractivity contribution in [3.05, 3.63) is 60.4 Å². The maximum absolute atomic E-state index is 12.6. The number of esters is 1. The van der Waals surface area contributed by atoms with Crippen LogP contribution in [0.4, 0.5) is 0 Å². The maximum atomic E-state index is 12.6. The first-order chi connectivity index (χ1) is 17.0. The fourth-order valence-corrected chi connectivity index (χ4v) is 5.56. The smallest absolute Gasteiger partial charge is 0.355 e.